The number of aliphatic carboxylic acids is 1. The first-order chi connectivity index (χ1) is 16.2. The SMILES string of the molecule is O=C(O)C1(OC2=CC=C3CCN(Cc4ccc(C5=CC=C(C(F)(F)F)CC5)o4)CCC3C2)CC1. The van der Waals surface area contributed by atoms with E-state index in [0.29, 0.717) is 37.5 Å². The van der Waals surface area contributed by atoms with Crippen molar-refractivity contribution in [1.29, 1.82) is 0 Å². The third kappa shape index (κ3) is 4.87. The molecule has 8 heteroatoms. The summed E-state index contributed by atoms with van der Waals surface area (Å²) in [5.74, 6) is 1.68. The van der Waals surface area contributed by atoms with Crippen LogP contribution in [0.1, 0.15) is 56.5 Å². The molecule has 1 N–H and O–H groups in total. The van der Waals surface area contributed by atoms with Crippen LogP contribution in [0.15, 0.2) is 57.8 Å². The maximum atomic E-state index is 12.8. The Morgan fingerprint density at radius 1 is 1.12 bits per heavy atom. The standard InChI is InChI=1S/C26H28F3NO4/c27-26(28,29)20-4-1-18(2-5-20)23-8-7-22(33-23)16-30-13-9-17-3-6-21(15-19(17)10-14-30)34-25(11-12-25)24(31)32/h1,3-4,6-8,19H,2,5,9-16H2,(H,31,32). The molecule has 1 unspecified atom stereocenters. The molecule has 3 aliphatic carbocycles. The van der Waals surface area contributed by atoms with Crippen LogP contribution in [-0.4, -0.2) is 40.8 Å². The lowest BCUT2D eigenvalue weighted by Crippen LogP contribution is -2.27. The van der Waals surface area contributed by atoms with Gasteiger partial charge in [0.15, 0.2) is 0 Å². The second-order valence-corrected chi connectivity index (χ2v) is 9.64. The third-order valence-corrected chi connectivity index (χ3v) is 7.26. The fourth-order valence-corrected chi connectivity index (χ4v) is 4.98. The van der Waals surface area contributed by atoms with E-state index in [1.165, 1.54) is 11.6 Å². The lowest BCUT2D eigenvalue weighted by molar-refractivity contribution is -0.150. The van der Waals surface area contributed by atoms with Crippen molar-refractivity contribution in [2.45, 2.75) is 63.3 Å². The van der Waals surface area contributed by atoms with Crippen molar-refractivity contribution < 1.29 is 32.2 Å². The number of likely N-dealkylation sites (tertiary alicyclic amines) is 1. The third-order valence-electron chi connectivity index (χ3n) is 7.26. The summed E-state index contributed by atoms with van der Waals surface area (Å²) in [6, 6.07) is 3.75. The molecule has 4 aliphatic rings. The van der Waals surface area contributed by atoms with Crippen molar-refractivity contribution in [3.63, 3.8) is 0 Å². The van der Waals surface area contributed by atoms with Crippen LogP contribution in [0.2, 0.25) is 0 Å². The summed E-state index contributed by atoms with van der Waals surface area (Å²) in [7, 11) is 0. The highest BCUT2D eigenvalue weighted by molar-refractivity contribution is 5.81. The van der Waals surface area contributed by atoms with Crippen molar-refractivity contribution in [3.05, 3.63) is 64.9 Å². The largest absolute Gasteiger partial charge is 0.480 e. The average Bonchev–Trinajstić information content (AvgIpc) is 3.49. The van der Waals surface area contributed by atoms with Gasteiger partial charge in [0.1, 0.15) is 11.5 Å². The molecule has 1 saturated heterocycles. The molecule has 182 valence electrons. The van der Waals surface area contributed by atoms with E-state index in [4.69, 9.17) is 9.15 Å². The van der Waals surface area contributed by atoms with Crippen LogP contribution in [0.3, 0.4) is 0 Å². The number of alkyl halides is 3. The minimum Gasteiger partial charge on any atom is -0.480 e. The van der Waals surface area contributed by atoms with Crippen molar-refractivity contribution in [2.75, 3.05) is 13.1 Å². The zero-order chi connectivity index (χ0) is 23.9. The van der Waals surface area contributed by atoms with Gasteiger partial charge in [-0.1, -0.05) is 23.8 Å². The summed E-state index contributed by atoms with van der Waals surface area (Å²) in [4.78, 5) is 13.8. The number of hydrogen-bond donors (Lipinski definition) is 1. The molecule has 2 heterocycles. The number of allylic oxidation sites excluding steroid dienone is 7. The number of nitrogens with zero attached hydrogens (tertiary/aromatic N) is 1. The van der Waals surface area contributed by atoms with Crippen LogP contribution in [0, 0.1) is 5.92 Å². The Morgan fingerprint density at radius 2 is 1.94 bits per heavy atom. The molecular weight excluding hydrogens is 447 g/mol. The summed E-state index contributed by atoms with van der Waals surface area (Å²) >= 11 is 0. The zero-order valence-electron chi connectivity index (χ0n) is 18.9. The number of carboxylic acid groups (broad SMARTS) is 1. The maximum Gasteiger partial charge on any atom is 0.412 e. The second-order valence-electron chi connectivity index (χ2n) is 9.64. The first-order valence-electron chi connectivity index (χ1n) is 11.8. The fraction of sp³-hybridized carbons (Fsp3) is 0.500. The number of halogens is 3. The van der Waals surface area contributed by atoms with E-state index < -0.39 is 23.3 Å². The quantitative estimate of drug-likeness (QED) is 0.546. The molecule has 0 spiro atoms. The van der Waals surface area contributed by atoms with Gasteiger partial charge in [-0.15, -0.1) is 0 Å². The Morgan fingerprint density at radius 3 is 2.62 bits per heavy atom. The lowest BCUT2D eigenvalue weighted by Gasteiger charge is -2.25. The predicted octanol–water partition coefficient (Wildman–Crippen LogP) is 6.01. The molecule has 5 rings (SSSR count). The smallest absolute Gasteiger partial charge is 0.412 e. The maximum absolute atomic E-state index is 12.8. The van der Waals surface area contributed by atoms with Crippen LogP contribution in [-0.2, 0) is 16.1 Å². The fourth-order valence-electron chi connectivity index (χ4n) is 4.98. The van der Waals surface area contributed by atoms with Crippen LogP contribution < -0.4 is 0 Å². The van der Waals surface area contributed by atoms with Crippen LogP contribution in [0.4, 0.5) is 13.2 Å². The van der Waals surface area contributed by atoms with Gasteiger partial charge in [-0.25, -0.2) is 4.79 Å². The van der Waals surface area contributed by atoms with E-state index in [0.717, 1.165) is 55.5 Å². The Kier molecular flexibility index (Phi) is 5.96. The van der Waals surface area contributed by atoms with Gasteiger partial charge in [0.2, 0.25) is 5.60 Å². The average molecular weight is 476 g/mol. The van der Waals surface area contributed by atoms with Gasteiger partial charge in [-0.3, -0.25) is 4.90 Å². The highest BCUT2D eigenvalue weighted by Crippen LogP contribution is 2.44. The van der Waals surface area contributed by atoms with E-state index in [-0.39, 0.29) is 6.42 Å². The molecule has 0 radical (unpaired) electrons. The highest BCUT2D eigenvalue weighted by Gasteiger charge is 2.54. The number of rotatable bonds is 6. The summed E-state index contributed by atoms with van der Waals surface area (Å²) < 4.78 is 50.4. The van der Waals surface area contributed by atoms with Crippen LogP contribution in [0.25, 0.3) is 5.57 Å². The number of carbonyl (C=O) groups is 1. The second kappa shape index (κ2) is 8.80. The molecule has 1 aliphatic heterocycles. The van der Waals surface area contributed by atoms with Gasteiger partial charge in [0, 0.05) is 31.4 Å². The van der Waals surface area contributed by atoms with E-state index >= 15 is 0 Å². The number of ether oxygens (including phenoxy) is 1. The Bertz CT molecular complexity index is 1090. The first kappa shape index (κ1) is 23.0. The predicted molar refractivity (Wildman–Crippen MR) is 120 cm³/mol. The zero-order valence-corrected chi connectivity index (χ0v) is 18.9. The van der Waals surface area contributed by atoms with Gasteiger partial charge in [-0.2, -0.15) is 13.2 Å². The number of hydrogen-bond acceptors (Lipinski definition) is 4. The summed E-state index contributed by atoms with van der Waals surface area (Å²) in [6.45, 7) is 2.42. The number of furan rings is 1. The van der Waals surface area contributed by atoms with Crippen molar-refractivity contribution in [3.8, 4) is 0 Å². The topological polar surface area (TPSA) is 62.9 Å². The van der Waals surface area contributed by atoms with Crippen molar-refractivity contribution in [1.82, 2.24) is 4.90 Å². The van der Waals surface area contributed by atoms with E-state index in [2.05, 4.69) is 11.0 Å². The van der Waals surface area contributed by atoms with Gasteiger partial charge in [0.25, 0.3) is 0 Å². The summed E-state index contributed by atoms with van der Waals surface area (Å²) in [5, 5.41) is 9.38. The Balaban J connectivity index is 1.17. The monoisotopic (exact) mass is 475 g/mol. The molecule has 2 fully saturated rings. The van der Waals surface area contributed by atoms with Gasteiger partial charge in [0.05, 0.1) is 12.3 Å². The molecule has 1 aromatic rings. The Hall–Kier alpha value is -2.74. The molecule has 1 atom stereocenters. The van der Waals surface area contributed by atoms with Gasteiger partial charge in [-0.05, 0) is 61.9 Å². The number of fused-ring (bicyclic) bond motifs is 1. The molecule has 34 heavy (non-hydrogen) atoms. The Labute approximate surface area is 196 Å². The normalized spacial score (nSPS) is 24.7. The van der Waals surface area contributed by atoms with E-state index in [1.807, 2.05) is 18.2 Å². The van der Waals surface area contributed by atoms with Crippen molar-refractivity contribution in [2.24, 2.45) is 5.92 Å². The van der Waals surface area contributed by atoms with E-state index in [9.17, 15) is 23.1 Å². The molecule has 1 aromatic heterocycles. The molecular formula is C26H28F3NO4. The van der Waals surface area contributed by atoms with Gasteiger partial charge >= 0.3 is 12.1 Å². The lowest BCUT2D eigenvalue weighted by atomic mass is 9.87. The highest BCUT2D eigenvalue weighted by atomic mass is 19.4. The van der Waals surface area contributed by atoms with Gasteiger partial charge < -0.3 is 14.3 Å². The minimum absolute atomic E-state index is 0.0265. The molecule has 0 amide bonds. The molecule has 1 saturated carbocycles. The van der Waals surface area contributed by atoms with Crippen LogP contribution in [0.5, 0.6) is 0 Å². The summed E-state index contributed by atoms with van der Waals surface area (Å²) in [6.07, 6.45) is 6.47. The van der Waals surface area contributed by atoms with Crippen molar-refractivity contribution >= 4 is 11.5 Å². The summed E-state index contributed by atoms with van der Waals surface area (Å²) in [5.41, 5.74) is 0.652. The first-order valence-corrected chi connectivity index (χ1v) is 11.8. The number of carboxylic acids is 1. The molecule has 0 bridgehead atoms. The molecule has 0 aromatic carbocycles. The minimum atomic E-state index is -4.27. The van der Waals surface area contributed by atoms with Crippen LogP contribution >= 0.6 is 0 Å². The molecule has 5 nitrogen and oxygen atoms in total. The van der Waals surface area contributed by atoms with E-state index in [1.54, 1.807) is 0 Å².